The Kier molecular flexibility index (Phi) is 3.61. The molecule has 0 aromatic rings. The summed E-state index contributed by atoms with van der Waals surface area (Å²) in [6.45, 7) is 4.75. The first-order valence-corrected chi connectivity index (χ1v) is 8.45. The minimum Gasteiger partial charge on any atom is -0.458 e. The van der Waals surface area contributed by atoms with Crippen LogP contribution in [0.15, 0.2) is 0 Å². The van der Waals surface area contributed by atoms with Crippen molar-refractivity contribution in [3.63, 3.8) is 0 Å². The maximum Gasteiger partial charge on any atom is 0.416 e. The molecule has 3 fully saturated rings. The topological polar surface area (TPSA) is 46.5 Å². The minimum absolute atomic E-state index is 0.112. The van der Waals surface area contributed by atoms with E-state index in [1.54, 1.807) is 0 Å². The number of carbonyl (C=O) groups is 1. The smallest absolute Gasteiger partial charge is 0.416 e. The summed E-state index contributed by atoms with van der Waals surface area (Å²) in [5, 5.41) is 9.75. The van der Waals surface area contributed by atoms with Gasteiger partial charge >= 0.3 is 12.1 Å². The van der Waals surface area contributed by atoms with Crippen molar-refractivity contribution >= 4 is 5.97 Å². The summed E-state index contributed by atoms with van der Waals surface area (Å²) in [5.74, 6) is -0.0551. The van der Waals surface area contributed by atoms with Crippen molar-refractivity contribution in [2.45, 2.75) is 76.7 Å². The SMILES string of the molecule is CCC1(C)CC2(CC3CC2CC3CC(C)(O)C(F)(F)F)OC1=O. The normalized spacial score (nSPS) is 45.5. The Bertz CT molecular complexity index is 516. The first-order valence-electron chi connectivity index (χ1n) is 8.45. The second-order valence-corrected chi connectivity index (χ2v) is 8.41. The van der Waals surface area contributed by atoms with Crippen LogP contribution in [0.3, 0.4) is 0 Å². The lowest BCUT2D eigenvalue weighted by molar-refractivity contribution is -0.260. The van der Waals surface area contributed by atoms with Gasteiger partial charge in [-0.2, -0.15) is 13.2 Å². The molecule has 0 amide bonds. The van der Waals surface area contributed by atoms with Gasteiger partial charge in [-0.3, -0.25) is 4.79 Å². The average Bonchev–Trinajstić information content (AvgIpc) is 3.01. The van der Waals surface area contributed by atoms with E-state index in [4.69, 9.17) is 4.74 Å². The molecular weight excluding hydrogens is 309 g/mol. The second-order valence-electron chi connectivity index (χ2n) is 8.41. The maximum atomic E-state index is 12.9. The van der Waals surface area contributed by atoms with Gasteiger partial charge in [-0.25, -0.2) is 0 Å². The molecule has 6 unspecified atom stereocenters. The molecule has 3 nitrogen and oxygen atoms in total. The predicted octanol–water partition coefficient (Wildman–Crippen LogP) is 3.84. The van der Waals surface area contributed by atoms with Crippen LogP contribution in [0.2, 0.25) is 0 Å². The van der Waals surface area contributed by atoms with Gasteiger partial charge in [-0.1, -0.05) is 6.92 Å². The third-order valence-corrected chi connectivity index (χ3v) is 6.72. The Morgan fingerprint density at radius 1 is 1.35 bits per heavy atom. The standard InChI is InChI=1S/C17H25F3O3/c1-4-14(2)9-16(23-13(14)21)8-11-6-12(16)5-10(11)7-15(3,22)17(18,19)20/h10-12,22H,4-9H2,1-3H3. The monoisotopic (exact) mass is 334 g/mol. The third kappa shape index (κ3) is 2.48. The number of aliphatic hydroxyl groups is 1. The zero-order chi connectivity index (χ0) is 17.3. The number of ether oxygens (including phenoxy) is 1. The molecular formula is C17H25F3O3. The zero-order valence-electron chi connectivity index (χ0n) is 13.9. The van der Waals surface area contributed by atoms with Crippen LogP contribution < -0.4 is 0 Å². The summed E-state index contributed by atoms with van der Waals surface area (Å²) in [6, 6.07) is 0. The molecule has 6 heteroatoms. The Labute approximate surface area is 134 Å². The number of hydrogen-bond acceptors (Lipinski definition) is 3. The lowest BCUT2D eigenvalue weighted by Gasteiger charge is -2.38. The van der Waals surface area contributed by atoms with E-state index in [2.05, 4.69) is 0 Å². The molecule has 3 aliphatic rings. The van der Waals surface area contributed by atoms with Crippen LogP contribution in [0.1, 0.15) is 59.3 Å². The van der Waals surface area contributed by atoms with E-state index in [1.165, 1.54) is 0 Å². The summed E-state index contributed by atoms with van der Waals surface area (Å²) < 4.78 is 44.5. The van der Waals surface area contributed by atoms with E-state index in [0.29, 0.717) is 19.3 Å². The molecule has 1 spiro atoms. The van der Waals surface area contributed by atoms with E-state index in [0.717, 1.165) is 19.8 Å². The van der Waals surface area contributed by atoms with E-state index in [1.807, 2.05) is 13.8 Å². The van der Waals surface area contributed by atoms with Gasteiger partial charge in [0.05, 0.1) is 5.41 Å². The molecule has 132 valence electrons. The van der Waals surface area contributed by atoms with Crippen molar-refractivity contribution in [3.8, 4) is 0 Å². The second kappa shape index (κ2) is 4.87. The summed E-state index contributed by atoms with van der Waals surface area (Å²) in [7, 11) is 0. The van der Waals surface area contributed by atoms with E-state index in [-0.39, 0.29) is 30.1 Å². The maximum absolute atomic E-state index is 12.9. The van der Waals surface area contributed by atoms with Crippen LogP contribution in [0, 0.1) is 23.2 Å². The van der Waals surface area contributed by atoms with Crippen molar-refractivity contribution in [1.82, 2.24) is 0 Å². The van der Waals surface area contributed by atoms with Crippen molar-refractivity contribution < 1.29 is 27.8 Å². The van der Waals surface area contributed by atoms with Gasteiger partial charge in [0.25, 0.3) is 0 Å². The molecule has 2 bridgehead atoms. The fraction of sp³-hybridized carbons (Fsp3) is 0.941. The Balaban J connectivity index is 1.70. The molecule has 0 aromatic carbocycles. The Hall–Kier alpha value is -0.780. The summed E-state index contributed by atoms with van der Waals surface area (Å²) in [5.41, 5.74) is -3.57. The van der Waals surface area contributed by atoms with Gasteiger partial charge < -0.3 is 9.84 Å². The molecule has 2 aliphatic carbocycles. The molecule has 3 rings (SSSR count). The number of hydrogen-bond donors (Lipinski definition) is 1. The highest BCUT2D eigenvalue weighted by molar-refractivity contribution is 5.79. The fourth-order valence-electron chi connectivity index (χ4n) is 5.07. The van der Waals surface area contributed by atoms with Gasteiger partial charge in [0.15, 0.2) is 5.60 Å². The summed E-state index contributed by atoms with van der Waals surface area (Å²) in [4.78, 5) is 12.2. The molecule has 2 saturated carbocycles. The lowest BCUT2D eigenvalue weighted by Crippen LogP contribution is -2.46. The summed E-state index contributed by atoms with van der Waals surface area (Å²) in [6.07, 6.45) is -1.39. The molecule has 1 aliphatic heterocycles. The van der Waals surface area contributed by atoms with Crippen molar-refractivity contribution in [1.29, 1.82) is 0 Å². The van der Waals surface area contributed by atoms with E-state index in [9.17, 15) is 23.1 Å². The lowest BCUT2D eigenvalue weighted by atomic mass is 9.70. The predicted molar refractivity (Wildman–Crippen MR) is 77.5 cm³/mol. The molecule has 1 N–H and O–H groups in total. The quantitative estimate of drug-likeness (QED) is 0.798. The van der Waals surface area contributed by atoms with Gasteiger partial charge in [-0.15, -0.1) is 0 Å². The number of halogens is 3. The van der Waals surface area contributed by atoms with Crippen molar-refractivity contribution in [2.24, 2.45) is 23.2 Å². The fourth-order valence-corrected chi connectivity index (χ4v) is 5.07. The van der Waals surface area contributed by atoms with Gasteiger partial charge in [-0.05, 0) is 63.7 Å². The number of fused-ring (bicyclic) bond motifs is 3. The molecule has 0 radical (unpaired) electrons. The molecule has 1 saturated heterocycles. The molecule has 1 heterocycles. The number of esters is 1. The first-order chi connectivity index (χ1) is 10.4. The first kappa shape index (κ1) is 17.1. The van der Waals surface area contributed by atoms with Crippen LogP contribution in [0.25, 0.3) is 0 Å². The molecule has 6 atom stereocenters. The van der Waals surface area contributed by atoms with E-state index >= 15 is 0 Å². The van der Waals surface area contributed by atoms with Crippen molar-refractivity contribution in [3.05, 3.63) is 0 Å². The van der Waals surface area contributed by atoms with Crippen molar-refractivity contribution in [2.75, 3.05) is 0 Å². The van der Waals surface area contributed by atoms with Crippen LogP contribution >= 0.6 is 0 Å². The van der Waals surface area contributed by atoms with E-state index < -0.39 is 22.8 Å². The van der Waals surface area contributed by atoms with Crippen LogP contribution in [0.5, 0.6) is 0 Å². The highest BCUT2D eigenvalue weighted by Gasteiger charge is 2.65. The number of carbonyl (C=O) groups excluding carboxylic acids is 1. The Morgan fingerprint density at radius 3 is 2.43 bits per heavy atom. The minimum atomic E-state index is -4.60. The molecule has 0 aromatic heterocycles. The van der Waals surface area contributed by atoms with Gasteiger partial charge in [0.2, 0.25) is 0 Å². The number of alkyl halides is 3. The van der Waals surface area contributed by atoms with Gasteiger partial charge in [0, 0.05) is 6.42 Å². The largest absolute Gasteiger partial charge is 0.458 e. The average molecular weight is 334 g/mol. The third-order valence-electron chi connectivity index (χ3n) is 6.72. The van der Waals surface area contributed by atoms with Crippen LogP contribution in [-0.4, -0.2) is 28.5 Å². The molecule has 23 heavy (non-hydrogen) atoms. The van der Waals surface area contributed by atoms with Crippen LogP contribution in [0.4, 0.5) is 13.2 Å². The van der Waals surface area contributed by atoms with Gasteiger partial charge in [0.1, 0.15) is 5.60 Å². The Morgan fingerprint density at radius 2 is 2.00 bits per heavy atom. The summed E-state index contributed by atoms with van der Waals surface area (Å²) >= 11 is 0. The zero-order valence-corrected chi connectivity index (χ0v) is 13.9. The highest BCUT2D eigenvalue weighted by atomic mass is 19.4. The van der Waals surface area contributed by atoms with Crippen LogP contribution in [-0.2, 0) is 9.53 Å². The number of rotatable bonds is 3. The highest BCUT2D eigenvalue weighted by Crippen LogP contribution is 2.63.